The molecule has 1 rings (SSSR count). The van der Waals surface area contributed by atoms with Crippen LogP contribution >= 0.6 is 0 Å². The summed E-state index contributed by atoms with van der Waals surface area (Å²) in [5.74, 6) is -0.222. The molecule has 0 fully saturated rings. The molecular formula is C19H32N2O3S. The molecule has 1 atom stereocenters. The summed E-state index contributed by atoms with van der Waals surface area (Å²) in [5, 5.41) is 2.96. The number of hydrogen-bond donors (Lipinski definition) is 1. The number of nitrogens with one attached hydrogen (secondary N) is 1. The highest BCUT2D eigenvalue weighted by atomic mass is 32.2. The highest BCUT2D eigenvalue weighted by molar-refractivity contribution is 7.89. The number of nitrogens with zero attached hydrogens (tertiary/aromatic N) is 1. The van der Waals surface area contributed by atoms with E-state index in [0.717, 1.165) is 25.7 Å². The standard InChI is InChI=1S/C19H32N2O3S/c1-6-9-10-11-16(5)20-19(22)17-13-12-15(4)18(14-17)25(23,24)21(7-2)8-3/h12-14,16H,6-11H2,1-5H3,(H,20,22). The molecule has 0 aliphatic carbocycles. The van der Waals surface area contributed by atoms with Gasteiger partial charge in [-0.1, -0.05) is 46.1 Å². The van der Waals surface area contributed by atoms with E-state index in [1.807, 2.05) is 20.8 Å². The van der Waals surface area contributed by atoms with Crippen molar-refractivity contribution in [3.8, 4) is 0 Å². The number of benzene rings is 1. The van der Waals surface area contributed by atoms with Gasteiger partial charge >= 0.3 is 0 Å². The van der Waals surface area contributed by atoms with Crippen LogP contribution in [0.5, 0.6) is 0 Å². The maximum absolute atomic E-state index is 12.8. The van der Waals surface area contributed by atoms with Crippen molar-refractivity contribution in [3.05, 3.63) is 29.3 Å². The summed E-state index contributed by atoms with van der Waals surface area (Å²) in [7, 11) is -3.58. The van der Waals surface area contributed by atoms with Crippen molar-refractivity contribution < 1.29 is 13.2 Å². The van der Waals surface area contributed by atoms with E-state index in [1.165, 1.54) is 10.4 Å². The number of unbranched alkanes of at least 4 members (excludes halogenated alkanes) is 2. The highest BCUT2D eigenvalue weighted by Gasteiger charge is 2.24. The number of sulfonamides is 1. The molecule has 0 aliphatic heterocycles. The second-order valence-corrected chi connectivity index (χ2v) is 8.35. The topological polar surface area (TPSA) is 66.5 Å². The van der Waals surface area contributed by atoms with E-state index in [0.29, 0.717) is 24.2 Å². The van der Waals surface area contributed by atoms with Gasteiger partial charge in [-0.25, -0.2) is 8.42 Å². The van der Waals surface area contributed by atoms with Gasteiger partial charge in [-0.2, -0.15) is 4.31 Å². The van der Waals surface area contributed by atoms with Gasteiger partial charge in [0, 0.05) is 24.7 Å². The van der Waals surface area contributed by atoms with Crippen LogP contribution in [-0.4, -0.2) is 37.8 Å². The first-order valence-electron chi connectivity index (χ1n) is 9.19. The van der Waals surface area contributed by atoms with E-state index in [-0.39, 0.29) is 16.8 Å². The Hall–Kier alpha value is -1.40. The normalized spacial score (nSPS) is 13.0. The molecule has 0 aliphatic rings. The maximum Gasteiger partial charge on any atom is 0.251 e. The molecule has 25 heavy (non-hydrogen) atoms. The summed E-state index contributed by atoms with van der Waals surface area (Å²) < 4.78 is 27.0. The molecule has 0 heterocycles. The van der Waals surface area contributed by atoms with Gasteiger partial charge in [0.2, 0.25) is 10.0 Å². The fraction of sp³-hybridized carbons (Fsp3) is 0.632. The number of carbonyl (C=O) groups excluding carboxylic acids is 1. The molecule has 0 saturated heterocycles. The van der Waals surface area contributed by atoms with Crippen molar-refractivity contribution >= 4 is 15.9 Å². The van der Waals surface area contributed by atoms with Crippen LogP contribution in [0.4, 0.5) is 0 Å². The quantitative estimate of drug-likeness (QED) is 0.640. The lowest BCUT2D eigenvalue weighted by Gasteiger charge is -2.20. The third kappa shape index (κ3) is 5.82. The Morgan fingerprint density at radius 3 is 2.36 bits per heavy atom. The minimum absolute atomic E-state index is 0.0724. The lowest BCUT2D eigenvalue weighted by Crippen LogP contribution is -2.33. The van der Waals surface area contributed by atoms with Gasteiger partial charge < -0.3 is 5.32 Å². The number of aryl methyl sites for hydroxylation is 1. The number of amides is 1. The molecule has 1 amide bonds. The molecular weight excluding hydrogens is 336 g/mol. The molecule has 0 spiro atoms. The van der Waals surface area contributed by atoms with Crippen LogP contribution < -0.4 is 5.32 Å². The van der Waals surface area contributed by atoms with Crippen LogP contribution in [-0.2, 0) is 10.0 Å². The van der Waals surface area contributed by atoms with E-state index >= 15 is 0 Å². The van der Waals surface area contributed by atoms with Crippen LogP contribution in [0, 0.1) is 6.92 Å². The molecule has 5 nitrogen and oxygen atoms in total. The van der Waals surface area contributed by atoms with Gasteiger partial charge in [-0.3, -0.25) is 4.79 Å². The van der Waals surface area contributed by atoms with Crippen LogP contribution in [0.3, 0.4) is 0 Å². The Bertz CT molecular complexity index is 667. The van der Waals surface area contributed by atoms with Gasteiger partial charge in [0.25, 0.3) is 5.91 Å². The Kier molecular flexibility index (Phi) is 8.59. The third-order valence-electron chi connectivity index (χ3n) is 4.39. The van der Waals surface area contributed by atoms with Crippen molar-refractivity contribution in [3.63, 3.8) is 0 Å². The molecule has 1 unspecified atom stereocenters. The van der Waals surface area contributed by atoms with Gasteiger partial charge in [-0.15, -0.1) is 0 Å². The zero-order valence-corrected chi connectivity index (χ0v) is 16.9. The van der Waals surface area contributed by atoms with Crippen molar-refractivity contribution in [2.75, 3.05) is 13.1 Å². The monoisotopic (exact) mass is 368 g/mol. The molecule has 1 N–H and O–H groups in total. The van der Waals surface area contributed by atoms with E-state index in [2.05, 4.69) is 12.2 Å². The Labute approximate surface area is 152 Å². The van der Waals surface area contributed by atoms with Crippen LogP contribution in [0.15, 0.2) is 23.1 Å². The van der Waals surface area contributed by atoms with Gasteiger partial charge in [0.05, 0.1) is 4.90 Å². The van der Waals surface area contributed by atoms with E-state index < -0.39 is 10.0 Å². The first-order chi connectivity index (χ1) is 11.8. The second kappa shape index (κ2) is 9.92. The summed E-state index contributed by atoms with van der Waals surface area (Å²) >= 11 is 0. The van der Waals surface area contributed by atoms with Gasteiger partial charge in [0.15, 0.2) is 0 Å². The van der Waals surface area contributed by atoms with Gasteiger partial charge in [-0.05, 0) is 38.0 Å². The number of carbonyl (C=O) groups is 1. The minimum Gasteiger partial charge on any atom is -0.350 e. The van der Waals surface area contributed by atoms with Crippen molar-refractivity contribution in [2.24, 2.45) is 0 Å². The molecule has 0 bridgehead atoms. The average molecular weight is 369 g/mol. The minimum atomic E-state index is -3.58. The van der Waals surface area contributed by atoms with Gasteiger partial charge in [0.1, 0.15) is 0 Å². The van der Waals surface area contributed by atoms with Crippen molar-refractivity contribution in [1.29, 1.82) is 0 Å². The first kappa shape index (κ1) is 21.6. The van der Waals surface area contributed by atoms with Crippen LogP contribution in [0.2, 0.25) is 0 Å². The van der Waals surface area contributed by atoms with Crippen molar-refractivity contribution in [2.45, 2.75) is 71.2 Å². The second-order valence-electron chi connectivity index (χ2n) is 6.44. The Morgan fingerprint density at radius 1 is 1.16 bits per heavy atom. The molecule has 1 aromatic rings. The number of rotatable bonds is 10. The zero-order chi connectivity index (χ0) is 19.0. The molecule has 142 valence electrons. The third-order valence-corrected chi connectivity index (χ3v) is 6.58. The SMILES string of the molecule is CCCCCC(C)NC(=O)c1ccc(C)c(S(=O)(=O)N(CC)CC)c1. The fourth-order valence-electron chi connectivity index (χ4n) is 2.80. The predicted molar refractivity (Wildman–Crippen MR) is 102 cm³/mol. The number of hydrogen-bond acceptors (Lipinski definition) is 3. The lowest BCUT2D eigenvalue weighted by atomic mass is 10.1. The van der Waals surface area contributed by atoms with E-state index in [9.17, 15) is 13.2 Å². The zero-order valence-electron chi connectivity index (χ0n) is 16.1. The molecule has 1 aromatic carbocycles. The highest BCUT2D eigenvalue weighted by Crippen LogP contribution is 2.21. The lowest BCUT2D eigenvalue weighted by molar-refractivity contribution is 0.0937. The fourth-order valence-corrected chi connectivity index (χ4v) is 4.51. The summed E-state index contributed by atoms with van der Waals surface area (Å²) in [6, 6.07) is 4.96. The molecule has 0 radical (unpaired) electrons. The van der Waals surface area contributed by atoms with Crippen molar-refractivity contribution in [1.82, 2.24) is 9.62 Å². The average Bonchev–Trinajstić information content (AvgIpc) is 2.56. The first-order valence-corrected chi connectivity index (χ1v) is 10.6. The summed E-state index contributed by atoms with van der Waals surface area (Å²) in [5.41, 5.74) is 1.04. The summed E-state index contributed by atoms with van der Waals surface area (Å²) in [6.45, 7) is 10.3. The summed E-state index contributed by atoms with van der Waals surface area (Å²) in [4.78, 5) is 12.7. The van der Waals surface area contributed by atoms with E-state index in [1.54, 1.807) is 19.1 Å². The van der Waals surface area contributed by atoms with Crippen LogP contribution in [0.1, 0.15) is 69.3 Å². The maximum atomic E-state index is 12.8. The van der Waals surface area contributed by atoms with Crippen LogP contribution in [0.25, 0.3) is 0 Å². The van der Waals surface area contributed by atoms with E-state index in [4.69, 9.17) is 0 Å². The Balaban J connectivity index is 2.99. The smallest absolute Gasteiger partial charge is 0.251 e. The Morgan fingerprint density at radius 2 is 1.80 bits per heavy atom. The molecule has 0 aromatic heterocycles. The summed E-state index contributed by atoms with van der Waals surface area (Å²) in [6.07, 6.45) is 4.30. The largest absolute Gasteiger partial charge is 0.350 e. The predicted octanol–water partition coefficient (Wildman–Crippen LogP) is 3.72. The molecule has 0 saturated carbocycles. The molecule has 6 heteroatoms.